The molecule has 84 valence electrons. The van der Waals surface area contributed by atoms with Gasteiger partial charge in [-0.3, -0.25) is 0 Å². The number of fused-ring (bicyclic) bond motifs is 1. The van der Waals surface area contributed by atoms with Crippen LogP contribution in [-0.4, -0.2) is 0 Å². The summed E-state index contributed by atoms with van der Waals surface area (Å²) in [5.41, 5.74) is 5.60. The van der Waals surface area contributed by atoms with Gasteiger partial charge in [0.1, 0.15) is 0 Å². The number of halogens is 1. The highest BCUT2D eigenvalue weighted by Gasteiger charge is 2.21. The molecule has 0 unspecified atom stereocenters. The molecular formula is C16H13I. The van der Waals surface area contributed by atoms with Crippen LogP contribution in [0, 0.1) is 3.57 Å². The predicted molar refractivity (Wildman–Crippen MR) is 81.9 cm³/mol. The minimum absolute atomic E-state index is 0.504. The predicted octanol–water partition coefficient (Wildman–Crippen LogP) is 4.95. The van der Waals surface area contributed by atoms with Crippen molar-refractivity contribution >= 4 is 34.2 Å². The largest absolute Gasteiger partial charge is 0.0619 e. The monoisotopic (exact) mass is 332 g/mol. The van der Waals surface area contributed by atoms with Crippen LogP contribution in [0.5, 0.6) is 0 Å². The summed E-state index contributed by atoms with van der Waals surface area (Å²) in [6.45, 7) is 2.29. The number of allylic oxidation sites excluding steroid dienone is 1. The molecule has 0 N–H and O–H groups in total. The van der Waals surface area contributed by atoms with Gasteiger partial charge in [-0.15, -0.1) is 0 Å². The summed E-state index contributed by atoms with van der Waals surface area (Å²) in [6, 6.07) is 17.4. The lowest BCUT2D eigenvalue weighted by molar-refractivity contribution is 1.01. The molecule has 0 spiro atoms. The number of hydrogen-bond acceptors (Lipinski definition) is 0. The zero-order chi connectivity index (χ0) is 11.8. The molecule has 0 saturated carbocycles. The van der Waals surface area contributed by atoms with E-state index in [0.717, 1.165) is 0 Å². The lowest BCUT2D eigenvalue weighted by Crippen LogP contribution is -1.93. The first-order chi connectivity index (χ1) is 8.25. The summed E-state index contributed by atoms with van der Waals surface area (Å²) in [6.07, 6.45) is 2.32. The van der Waals surface area contributed by atoms with E-state index in [9.17, 15) is 0 Å². The summed E-state index contributed by atoms with van der Waals surface area (Å²) in [5.74, 6) is 0.504. The Kier molecular flexibility index (Phi) is 2.79. The normalized spacial score (nSPS) is 17.8. The van der Waals surface area contributed by atoms with Crippen molar-refractivity contribution < 1.29 is 0 Å². The van der Waals surface area contributed by atoms with Crippen molar-refractivity contribution in [3.05, 3.63) is 68.8 Å². The molecule has 0 saturated heterocycles. The van der Waals surface area contributed by atoms with Gasteiger partial charge in [-0.2, -0.15) is 0 Å². The maximum absolute atomic E-state index is 2.37. The first kappa shape index (κ1) is 11.0. The van der Waals surface area contributed by atoms with Gasteiger partial charge in [0, 0.05) is 9.49 Å². The van der Waals surface area contributed by atoms with Crippen molar-refractivity contribution in [1.82, 2.24) is 0 Å². The zero-order valence-corrected chi connectivity index (χ0v) is 11.8. The minimum Gasteiger partial charge on any atom is -0.0619 e. The Hall–Kier alpha value is -1.09. The fourth-order valence-electron chi connectivity index (χ4n) is 2.50. The van der Waals surface area contributed by atoms with Crippen LogP contribution in [0.4, 0.5) is 0 Å². The van der Waals surface area contributed by atoms with E-state index in [1.54, 1.807) is 0 Å². The highest BCUT2D eigenvalue weighted by atomic mass is 127. The third-order valence-electron chi connectivity index (χ3n) is 3.40. The van der Waals surface area contributed by atoms with Crippen LogP contribution in [-0.2, 0) is 0 Å². The minimum atomic E-state index is 0.504. The molecule has 0 heterocycles. The Balaban J connectivity index is 2.08. The summed E-state index contributed by atoms with van der Waals surface area (Å²) in [4.78, 5) is 0. The van der Waals surface area contributed by atoms with Crippen molar-refractivity contribution in [2.24, 2.45) is 0 Å². The maximum Gasteiger partial charge on any atom is 0.0136 e. The van der Waals surface area contributed by atoms with Crippen LogP contribution in [0.15, 0.2) is 48.5 Å². The number of hydrogen-bond donors (Lipinski definition) is 0. The molecular weight excluding hydrogens is 319 g/mol. The van der Waals surface area contributed by atoms with Crippen LogP contribution in [0.25, 0.3) is 11.6 Å². The summed E-state index contributed by atoms with van der Waals surface area (Å²) in [5, 5.41) is 0. The summed E-state index contributed by atoms with van der Waals surface area (Å²) in [7, 11) is 0. The van der Waals surface area contributed by atoms with Gasteiger partial charge in [0.25, 0.3) is 0 Å². The quantitative estimate of drug-likeness (QED) is 0.648. The van der Waals surface area contributed by atoms with Crippen LogP contribution >= 0.6 is 22.6 Å². The van der Waals surface area contributed by atoms with Crippen LogP contribution < -0.4 is 0 Å². The number of rotatable bonds is 1. The van der Waals surface area contributed by atoms with Crippen LogP contribution in [0.1, 0.15) is 29.5 Å². The Bertz CT molecular complexity index is 596. The maximum atomic E-state index is 2.37. The van der Waals surface area contributed by atoms with E-state index >= 15 is 0 Å². The molecule has 0 radical (unpaired) electrons. The third kappa shape index (κ3) is 1.93. The number of benzene rings is 2. The van der Waals surface area contributed by atoms with Crippen molar-refractivity contribution in [2.45, 2.75) is 12.8 Å². The Morgan fingerprint density at radius 1 is 1.00 bits per heavy atom. The van der Waals surface area contributed by atoms with Gasteiger partial charge in [-0.1, -0.05) is 49.4 Å². The van der Waals surface area contributed by atoms with Gasteiger partial charge in [0.05, 0.1) is 0 Å². The van der Waals surface area contributed by atoms with Crippen molar-refractivity contribution in [3.63, 3.8) is 0 Å². The average molecular weight is 332 g/mol. The second-order valence-corrected chi connectivity index (χ2v) is 5.71. The van der Waals surface area contributed by atoms with Crippen molar-refractivity contribution in [1.29, 1.82) is 0 Å². The standard InChI is InChI=1S/C16H13I/c1-11-15-8-3-2-5-13(15)10-16(11)12-6-4-7-14(17)9-12/h2-11H,1H3/t11-/m0/s1. The molecule has 17 heavy (non-hydrogen) atoms. The molecule has 3 rings (SSSR count). The fourth-order valence-corrected chi connectivity index (χ4v) is 3.04. The van der Waals surface area contributed by atoms with E-state index in [4.69, 9.17) is 0 Å². The molecule has 0 nitrogen and oxygen atoms in total. The molecule has 1 aliphatic rings. The van der Waals surface area contributed by atoms with Gasteiger partial charge < -0.3 is 0 Å². The molecule has 0 aliphatic heterocycles. The second-order valence-electron chi connectivity index (χ2n) is 4.46. The molecule has 2 aromatic carbocycles. The molecule has 1 atom stereocenters. The summed E-state index contributed by atoms with van der Waals surface area (Å²) < 4.78 is 1.30. The third-order valence-corrected chi connectivity index (χ3v) is 4.07. The molecule has 0 aromatic heterocycles. The molecule has 0 amide bonds. The van der Waals surface area contributed by atoms with Crippen LogP contribution in [0.3, 0.4) is 0 Å². The molecule has 2 aromatic rings. The molecule has 0 bridgehead atoms. The molecule has 1 heteroatoms. The highest BCUT2D eigenvalue weighted by Crippen LogP contribution is 2.41. The SMILES string of the molecule is C[C@@H]1C(c2cccc(I)c2)=Cc2ccccc21. The van der Waals surface area contributed by atoms with E-state index in [0.29, 0.717) is 5.92 Å². The van der Waals surface area contributed by atoms with E-state index in [2.05, 4.69) is 84.1 Å². The van der Waals surface area contributed by atoms with Crippen molar-refractivity contribution in [2.75, 3.05) is 0 Å². The lowest BCUT2D eigenvalue weighted by Gasteiger charge is -2.11. The Labute approximate surface area is 116 Å². The lowest BCUT2D eigenvalue weighted by atomic mass is 9.93. The Morgan fingerprint density at radius 2 is 1.82 bits per heavy atom. The van der Waals surface area contributed by atoms with Crippen LogP contribution in [0.2, 0.25) is 0 Å². The van der Waals surface area contributed by atoms with Crippen molar-refractivity contribution in [3.8, 4) is 0 Å². The van der Waals surface area contributed by atoms with Gasteiger partial charge in [-0.25, -0.2) is 0 Å². The zero-order valence-electron chi connectivity index (χ0n) is 9.65. The first-order valence-corrected chi connectivity index (χ1v) is 6.90. The highest BCUT2D eigenvalue weighted by molar-refractivity contribution is 14.1. The van der Waals surface area contributed by atoms with E-state index in [1.807, 2.05) is 0 Å². The van der Waals surface area contributed by atoms with Gasteiger partial charge in [0.15, 0.2) is 0 Å². The topological polar surface area (TPSA) is 0 Å². The Morgan fingerprint density at radius 3 is 2.59 bits per heavy atom. The summed E-state index contributed by atoms with van der Waals surface area (Å²) >= 11 is 2.37. The van der Waals surface area contributed by atoms with Gasteiger partial charge >= 0.3 is 0 Å². The van der Waals surface area contributed by atoms with E-state index in [-0.39, 0.29) is 0 Å². The van der Waals surface area contributed by atoms with Gasteiger partial charge in [-0.05, 0) is 57.0 Å². The first-order valence-electron chi connectivity index (χ1n) is 5.82. The molecule has 0 fully saturated rings. The van der Waals surface area contributed by atoms with Gasteiger partial charge in [0.2, 0.25) is 0 Å². The van der Waals surface area contributed by atoms with E-state index in [1.165, 1.54) is 25.8 Å². The molecule has 1 aliphatic carbocycles. The smallest absolute Gasteiger partial charge is 0.0136 e. The second kappa shape index (κ2) is 4.30. The average Bonchev–Trinajstić information content (AvgIpc) is 2.68. The van der Waals surface area contributed by atoms with E-state index < -0.39 is 0 Å². The fraction of sp³-hybridized carbons (Fsp3) is 0.125.